The molecular weight excluding hydrogens is 424 g/mol. The van der Waals surface area contributed by atoms with Gasteiger partial charge in [-0.05, 0) is 50.7 Å². The van der Waals surface area contributed by atoms with Crippen molar-refractivity contribution in [1.29, 1.82) is 0 Å². The Morgan fingerprint density at radius 2 is 1.68 bits per heavy atom. The highest BCUT2D eigenvalue weighted by atomic mass is 16.2. The van der Waals surface area contributed by atoms with E-state index in [2.05, 4.69) is 36.5 Å². The van der Waals surface area contributed by atoms with Crippen molar-refractivity contribution >= 4 is 11.8 Å². The number of hydrogen-bond donors (Lipinski definition) is 1. The van der Waals surface area contributed by atoms with Crippen molar-refractivity contribution in [2.24, 2.45) is 0 Å². The Morgan fingerprint density at radius 3 is 2.32 bits per heavy atom. The molecule has 6 heteroatoms. The predicted molar refractivity (Wildman–Crippen MR) is 134 cm³/mol. The number of amides is 2. The van der Waals surface area contributed by atoms with E-state index in [1.165, 1.54) is 18.4 Å². The standard InChI is InChI=1S/C28H38N4O2/c1-3-20-14-16-21(17-15-20)24-18-25-26(33)32(23-12-8-5-9-13-23)28(2,19-31(25)30-24)27(34)29-22-10-6-4-7-11-22/h14-18,22-23H,3-13,19H2,1-2H3,(H,29,34). The van der Waals surface area contributed by atoms with Crippen molar-refractivity contribution in [2.45, 2.75) is 109 Å². The maximum absolute atomic E-state index is 14.0. The van der Waals surface area contributed by atoms with E-state index in [-0.39, 0.29) is 23.9 Å². The van der Waals surface area contributed by atoms with Crippen molar-refractivity contribution in [1.82, 2.24) is 20.0 Å². The molecule has 6 nitrogen and oxygen atoms in total. The molecule has 2 fully saturated rings. The molecule has 2 aliphatic carbocycles. The molecule has 5 rings (SSSR count). The van der Waals surface area contributed by atoms with Crippen LogP contribution in [-0.4, -0.2) is 44.1 Å². The van der Waals surface area contributed by atoms with Crippen molar-refractivity contribution in [3.63, 3.8) is 0 Å². The van der Waals surface area contributed by atoms with Crippen LogP contribution in [0.5, 0.6) is 0 Å². The molecule has 3 aliphatic rings. The molecule has 1 aromatic heterocycles. The molecule has 2 amide bonds. The third-order valence-corrected chi connectivity index (χ3v) is 8.23. The molecule has 1 aromatic carbocycles. The zero-order chi connectivity index (χ0) is 23.7. The van der Waals surface area contributed by atoms with Crippen molar-refractivity contribution < 1.29 is 9.59 Å². The van der Waals surface area contributed by atoms with Crippen molar-refractivity contribution in [3.05, 3.63) is 41.6 Å². The number of benzene rings is 1. The lowest BCUT2D eigenvalue weighted by atomic mass is 9.86. The van der Waals surface area contributed by atoms with Crippen LogP contribution in [0, 0.1) is 0 Å². The number of carbonyl (C=O) groups excluding carboxylic acids is 2. The predicted octanol–water partition coefficient (Wildman–Crippen LogP) is 5.11. The second-order valence-corrected chi connectivity index (χ2v) is 10.7. The fourth-order valence-corrected chi connectivity index (χ4v) is 6.15. The average molecular weight is 463 g/mol. The molecule has 34 heavy (non-hydrogen) atoms. The van der Waals surface area contributed by atoms with Gasteiger partial charge in [0.25, 0.3) is 5.91 Å². The summed E-state index contributed by atoms with van der Waals surface area (Å²) in [6, 6.07) is 10.6. The van der Waals surface area contributed by atoms with Gasteiger partial charge in [0.05, 0.1) is 12.2 Å². The van der Waals surface area contributed by atoms with Gasteiger partial charge in [-0.1, -0.05) is 69.7 Å². The highest BCUT2D eigenvalue weighted by Gasteiger charge is 2.51. The molecule has 0 saturated heterocycles. The first kappa shape index (κ1) is 23.1. The van der Waals surface area contributed by atoms with Gasteiger partial charge >= 0.3 is 0 Å². The van der Waals surface area contributed by atoms with Crippen LogP contribution in [0.3, 0.4) is 0 Å². The summed E-state index contributed by atoms with van der Waals surface area (Å²) in [6.45, 7) is 4.50. The summed E-state index contributed by atoms with van der Waals surface area (Å²) in [5, 5.41) is 8.15. The fourth-order valence-electron chi connectivity index (χ4n) is 6.15. The summed E-state index contributed by atoms with van der Waals surface area (Å²) in [7, 11) is 0. The topological polar surface area (TPSA) is 67.2 Å². The van der Waals surface area contributed by atoms with E-state index < -0.39 is 5.54 Å². The quantitative estimate of drug-likeness (QED) is 0.672. The minimum absolute atomic E-state index is 0.0201. The zero-order valence-corrected chi connectivity index (χ0v) is 20.7. The summed E-state index contributed by atoms with van der Waals surface area (Å²) >= 11 is 0. The SMILES string of the molecule is CCc1ccc(-c2cc3n(n2)CC(C)(C(=O)NC2CCCCC2)N(C2CCCCC2)C3=O)cc1. The van der Waals surface area contributed by atoms with Crippen LogP contribution < -0.4 is 5.32 Å². The maximum atomic E-state index is 14.0. The summed E-state index contributed by atoms with van der Waals surface area (Å²) < 4.78 is 1.78. The highest BCUT2D eigenvalue weighted by molar-refractivity contribution is 6.00. The van der Waals surface area contributed by atoms with Crippen LogP contribution in [0.4, 0.5) is 0 Å². The largest absolute Gasteiger partial charge is 0.351 e. The number of hydrogen-bond acceptors (Lipinski definition) is 3. The van der Waals surface area contributed by atoms with Crippen LogP contribution in [-0.2, 0) is 17.8 Å². The first-order valence-corrected chi connectivity index (χ1v) is 13.3. The number of nitrogens with zero attached hydrogens (tertiary/aromatic N) is 3. The molecule has 0 bridgehead atoms. The van der Waals surface area contributed by atoms with Gasteiger partial charge in [-0.15, -0.1) is 0 Å². The van der Waals surface area contributed by atoms with Gasteiger partial charge in [0, 0.05) is 17.6 Å². The lowest BCUT2D eigenvalue weighted by Gasteiger charge is -2.48. The van der Waals surface area contributed by atoms with Gasteiger partial charge in [-0.25, -0.2) is 0 Å². The Labute approximate surface area is 203 Å². The second kappa shape index (κ2) is 9.55. The van der Waals surface area contributed by atoms with E-state index in [0.717, 1.165) is 69.0 Å². The summed E-state index contributed by atoms with van der Waals surface area (Å²) in [5.74, 6) is -0.0725. The Hall–Kier alpha value is -2.63. The lowest BCUT2D eigenvalue weighted by Crippen LogP contribution is -2.67. The van der Waals surface area contributed by atoms with E-state index >= 15 is 0 Å². The number of fused-ring (bicyclic) bond motifs is 1. The van der Waals surface area contributed by atoms with Gasteiger partial charge in [-0.2, -0.15) is 5.10 Å². The number of aryl methyl sites for hydroxylation is 1. The van der Waals surface area contributed by atoms with E-state index in [9.17, 15) is 9.59 Å². The normalized spacial score (nSPS) is 24.2. The molecule has 0 radical (unpaired) electrons. The summed E-state index contributed by atoms with van der Waals surface area (Å²) in [6.07, 6.45) is 12.0. The van der Waals surface area contributed by atoms with E-state index in [0.29, 0.717) is 12.2 Å². The summed E-state index contributed by atoms with van der Waals surface area (Å²) in [4.78, 5) is 29.7. The number of rotatable bonds is 5. The molecule has 1 unspecified atom stereocenters. The van der Waals surface area contributed by atoms with Gasteiger partial charge in [0.2, 0.25) is 5.91 Å². The molecule has 2 saturated carbocycles. The van der Waals surface area contributed by atoms with Crippen molar-refractivity contribution in [2.75, 3.05) is 0 Å². The number of aromatic nitrogens is 2. The number of nitrogens with one attached hydrogen (secondary N) is 1. The van der Waals surface area contributed by atoms with Crippen LogP contribution in [0.15, 0.2) is 30.3 Å². The van der Waals surface area contributed by atoms with Crippen LogP contribution in [0.1, 0.15) is 94.1 Å². The third-order valence-electron chi connectivity index (χ3n) is 8.23. The molecule has 1 N–H and O–H groups in total. The van der Waals surface area contributed by atoms with Gasteiger partial charge in [-0.3, -0.25) is 14.3 Å². The fraction of sp³-hybridized carbons (Fsp3) is 0.607. The van der Waals surface area contributed by atoms with Crippen LogP contribution in [0.2, 0.25) is 0 Å². The lowest BCUT2D eigenvalue weighted by molar-refractivity contribution is -0.136. The highest BCUT2D eigenvalue weighted by Crippen LogP contribution is 2.36. The van der Waals surface area contributed by atoms with Gasteiger partial charge in [0.15, 0.2) is 0 Å². The first-order chi connectivity index (χ1) is 16.5. The minimum atomic E-state index is -0.932. The molecule has 1 atom stereocenters. The maximum Gasteiger partial charge on any atom is 0.273 e. The third kappa shape index (κ3) is 4.27. The first-order valence-electron chi connectivity index (χ1n) is 13.3. The summed E-state index contributed by atoms with van der Waals surface area (Å²) in [5.41, 5.74) is 2.75. The Kier molecular flexibility index (Phi) is 6.50. The molecule has 1 aliphatic heterocycles. The molecule has 2 heterocycles. The Bertz CT molecular complexity index is 1030. The zero-order valence-electron chi connectivity index (χ0n) is 20.7. The monoisotopic (exact) mass is 462 g/mol. The molecule has 0 spiro atoms. The van der Waals surface area contributed by atoms with E-state index in [1.54, 1.807) is 4.68 Å². The van der Waals surface area contributed by atoms with E-state index in [1.807, 2.05) is 17.9 Å². The smallest absolute Gasteiger partial charge is 0.273 e. The van der Waals surface area contributed by atoms with Crippen LogP contribution in [0.25, 0.3) is 11.3 Å². The second-order valence-electron chi connectivity index (χ2n) is 10.7. The minimum Gasteiger partial charge on any atom is -0.351 e. The molecule has 2 aromatic rings. The van der Waals surface area contributed by atoms with Crippen LogP contribution >= 0.6 is 0 Å². The average Bonchev–Trinajstić information content (AvgIpc) is 3.29. The van der Waals surface area contributed by atoms with Gasteiger partial charge < -0.3 is 10.2 Å². The van der Waals surface area contributed by atoms with Crippen molar-refractivity contribution in [3.8, 4) is 11.3 Å². The Morgan fingerprint density at radius 1 is 1.03 bits per heavy atom. The molecule has 182 valence electrons. The van der Waals surface area contributed by atoms with Gasteiger partial charge in [0.1, 0.15) is 11.2 Å². The Balaban J connectivity index is 1.48. The van der Waals surface area contributed by atoms with E-state index in [4.69, 9.17) is 5.10 Å². The molecular formula is C28H38N4O2. The number of carbonyl (C=O) groups is 2.